The lowest BCUT2D eigenvalue weighted by Gasteiger charge is -2.27. The number of benzene rings is 2. The predicted octanol–water partition coefficient (Wildman–Crippen LogP) is 2.73. The molecule has 0 radical (unpaired) electrons. The summed E-state index contributed by atoms with van der Waals surface area (Å²) in [7, 11) is 0. The Balaban J connectivity index is 1.50. The molecule has 8 nitrogen and oxygen atoms in total. The van der Waals surface area contributed by atoms with E-state index in [1.54, 1.807) is 18.2 Å². The average molecular weight is 502 g/mol. The third-order valence-electron chi connectivity index (χ3n) is 6.77. The number of ketones is 1. The number of ether oxygens (including phenoxy) is 2. The summed E-state index contributed by atoms with van der Waals surface area (Å²) in [6.07, 6.45) is 7.82. The topological polar surface area (TPSA) is 98.6 Å². The number of aromatic nitrogens is 2. The van der Waals surface area contributed by atoms with Crippen molar-refractivity contribution >= 4 is 17.4 Å². The molecule has 2 atom stereocenters. The van der Waals surface area contributed by atoms with E-state index in [-0.39, 0.29) is 11.7 Å². The van der Waals surface area contributed by atoms with Gasteiger partial charge >= 0.3 is 0 Å². The Labute approximate surface area is 216 Å². The molecule has 1 N–H and O–H groups in total. The van der Waals surface area contributed by atoms with Gasteiger partial charge in [0.15, 0.2) is 0 Å². The summed E-state index contributed by atoms with van der Waals surface area (Å²) < 4.78 is 13.4. The van der Waals surface area contributed by atoms with Crippen molar-refractivity contribution < 1.29 is 28.7 Å². The summed E-state index contributed by atoms with van der Waals surface area (Å²) in [5, 5.41) is 13.8. The molecule has 1 fully saturated rings. The number of likely N-dealkylation sites (tertiary alicyclic amines) is 1. The monoisotopic (exact) mass is 501 g/mol. The Morgan fingerprint density at radius 3 is 2.76 bits per heavy atom. The molecule has 0 spiro atoms. The van der Waals surface area contributed by atoms with E-state index in [1.165, 1.54) is 4.90 Å². The van der Waals surface area contributed by atoms with Crippen LogP contribution in [-0.2, 0) is 22.6 Å². The van der Waals surface area contributed by atoms with Crippen LogP contribution >= 0.6 is 0 Å². The van der Waals surface area contributed by atoms with Gasteiger partial charge in [-0.1, -0.05) is 30.9 Å². The van der Waals surface area contributed by atoms with Crippen LogP contribution < -0.4 is 19.1 Å². The second-order valence-electron chi connectivity index (χ2n) is 9.55. The molecule has 3 heterocycles. The second kappa shape index (κ2) is 10.5. The zero-order valence-corrected chi connectivity index (χ0v) is 21.1. The summed E-state index contributed by atoms with van der Waals surface area (Å²) in [6.45, 7) is 5.62. The zero-order chi connectivity index (χ0) is 25.9. The van der Waals surface area contributed by atoms with Crippen molar-refractivity contribution in [2.24, 2.45) is 0 Å². The van der Waals surface area contributed by atoms with Gasteiger partial charge in [-0.15, -0.1) is 0 Å². The summed E-state index contributed by atoms with van der Waals surface area (Å²) in [5.74, 6) is -0.333. The number of Topliss-reactive ketones (excluding diaryl/α,β-unsaturated/α-hetero) is 1. The largest absolute Gasteiger partial charge is 0.872 e. The number of carbonyl (C=O) groups excluding carboxylic acids is 2. The van der Waals surface area contributed by atoms with E-state index < -0.39 is 23.5 Å². The highest BCUT2D eigenvalue weighted by Crippen LogP contribution is 2.40. The number of rotatable bonds is 9. The number of imidazole rings is 1. The predicted molar refractivity (Wildman–Crippen MR) is 134 cm³/mol. The minimum absolute atomic E-state index is 0.00608. The molecule has 2 aliphatic rings. The van der Waals surface area contributed by atoms with Crippen LogP contribution in [0.1, 0.15) is 49.4 Å². The van der Waals surface area contributed by atoms with Crippen molar-refractivity contribution in [1.29, 1.82) is 0 Å². The Bertz CT molecular complexity index is 1310. The third-order valence-corrected chi connectivity index (χ3v) is 6.77. The maximum Gasteiger partial charge on any atom is 0.295 e. The molecule has 37 heavy (non-hydrogen) atoms. The molecule has 1 saturated heterocycles. The molecular weight excluding hydrogens is 470 g/mol. The van der Waals surface area contributed by atoms with Gasteiger partial charge in [0, 0.05) is 25.0 Å². The number of amides is 1. The lowest BCUT2D eigenvalue weighted by molar-refractivity contribution is -0.695. The summed E-state index contributed by atoms with van der Waals surface area (Å²) in [6, 6.07) is 11.8. The number of hydrogen-bond donors (Lipinski definition) is 1. The van der Waals surface area contributed by atoms with Crippen LogP contribution in [-0.4, -0.2) is 40.8 Å². The van der Waals surface area contributed by atoms with Crippen molar-refractivity contribution in [3.8, 4) is 11.5 Å². The molecule has 0 saturated carbocycles. The molecule has 2 unspecified atom stereocenters. The minimum Gasteiger partial charge on any atom is -0.872 e. The van der Waals surface area contributed by atoms with E-state index in [0.717, 1.165) is 17.7 Å². The van der Waals surface area contributed by atoms with Gasteiger partial charge in [-0.3, -0.25) is 14.6 Å². The number of aromatic amines is 1. The van der Waals surface area contributed by atoms with E-state index in [0.29, 0.717) is 49.4 Å². The number of aryl methyl sites for hydroxylation is 1. The van der Waals surface area contributed by atoms with Crippen LogP contribution in [0.4, 0.5) is 0 Å². The van der Waals surface area contributed by atoms with E-state index >= 15 is 0 Å². The summed E-state index contributed by atoms with van der Waals surface area (Å²) >= 11 is 0. The number of nitrogens with zero attached hydrogens (tertiary/aromatic N) is 2. The third kappa shape index (κ3) is 4.96. The van der Waals surface area contributed by atoms with Crippen LogP contribution in [0.25, 0.3) is 5.76 Å². The van der Waals surface area contributed by atoms with Crippen LogP contribution in [0.15, 0.2) is 66.8 Å². The molecule has 192 valence electrons. The van der Waals surface area contributed by atoms with Gasteiger partial charge in [0.2, 0.25) is 12.1 Å². The fourth-order valence-corrected chi connectivity index (χ4v) is 5.02. The summed E-state index contributed by atoms with van der Waals surface area (Å²) in [5.41, 5.74) is 2.03. The van der Waals surface area contributed by atoms with E-state index in [4.69, 9.17) is 9.47 Å². The van der Waals surface area contributed by atoms with Gasteiger partial charge in [-0.05, 0) is 54.3 Å². The smallest absolute Gasteiger partial charge is 0.295 e. The SMILES string of the molecule is CCCOc1ccc(C2C(=C([O-])c3ccc4c(c3)CC(C)O4)C(=O)C(=O)N2CCC[n+]2cc[nH]c2)cc1. The lowest BCUT2D eigenvalue weighted by atomic mass is 9.94. The zero-order valence-electron chi connectivity index (χ0n) is 21.1. The average Bonchev–Trinajstić information content (AvgIpc) is 3.61. The maximum absolute atomic E-state index is 13.8. The Morgan fingerprint density at radius 2 is 2.03 bits per heavy atom. The molecule has 1 amide bonds. The molecule has 0 aliphatic carbocycles. The molecule has 5 rings (SSSR count). The minimum atomic E-state index is -0.757. The molecular formula is C29H31N3O5. The van der Waals surface area contributed by atoms with Crippen molar-refractivity contribution in [1.82, 2.24) is 9.88 Å². The van der Waals surface area contributed by atoms with Crippen LogP contribution in [0.3, 0.4) is 0 Å². The lowest BCUT2D eigenvalue weighted by Crippen LogP contribution is -2.36. The number of nitrogens with one attached hydrogen (secondary N) is 1. The van der Waals surface area contributed by atoms with Crippen LogP contribution in [0, 0.1) is 0 Å². The fraction of sp³-hybridized carbons (Fsp3) is 0.345. The molecule has 3 aromatic rings. The molecule has 2 aliphatic heterocycles. The first-order valence-corrected chi connectivity index (χ1v) is 12.8. The van der Waals surface area contributed by atoms with Gasteiger partial charge < -0.3 is 19.5 Å². The number of hydrogen-bond acceptors (Lipinski definition) is 5. The highest BCUT2D eigenvalue weighted by Gasteiger charge is 2.44. The van der Waals surface area contributed by atoms with Crippen molar-refractivity contribution in [3.63, 3.8) is 0 Å². The van der Waals surface area contributed by atoms with Gasteiger partial charge in [-0.2, -0.15) is 0 Å². The molecule has 8 heteroatoms. The molecule has 0 bridgehead atoms. The number of fused-ring (bicyclic) bond motifs is 1. The van der Waals surface area contributed by atoms with Crippen LogP contribution in [0.5, 0.6) is 11.5 Å². The van der Waals surface area contributed by atoms with Gasteiger partial charge in [0.05, 0.1) is 19.2 Å². The molecule has 1 aromatic heterocycles. The highest BCUT2D eigenvalue weighted by atomic mass is 16.5. The van der Waals surface area contributed by atoms with Crippen molar-refractivity contribution in [3.05, 3.63) is 83.4 Å². The number of H-pyrrole nitrogens is 1. The van der Waals surface area contributed by atoms with Gasteiger partial charge in [0.25, 0.3) is 5.91 Å². The first-order chi connectivity index (χ1) is 18.0. The van der Waals surface area contributed by atoms with Crippen molar-refractivity contribution in [2.75, 3.05) is 13.2 Å². The van der Waals surface area contributed by atoms with E-state index in [9.17, 15) is 14.7 Å². The normalized spacial score (nSPS) is 20.2. The van der Waals surface area contributed by atoms with E-state index in [2.05, 4.69) is 4.98 Å². The highest BCUT2D eigenvalue weighted by molar-refractivity contribution is 6.46. The first kappa shape index (κ1) is 24.6. The Morgan fingerprint density at radius 1 is 1.22 bits per heavy atom. The Kier molecular flexibility index (Phi) is 6.99. The fourth-order valence-electron chi connectivity index (χ4n) is 5.02. The molecule has 2 aromatic carbocycles. The van der Waals surface area contributed by atoms with Crippen LogP contribution in [0.2, 0.25) is 0 Å². The first-order valence-electron chi connectivity index (χ1n) is 12.8. The standard InChI is InChI=1S/C29H31N3O5/c1-3-15-36-23-8-5-20(6-9-23)26-25(27(33)21-7-10-24-22(17-21)16-19(2)37-24)28(34)29(35)32(26)13-4-12-31-14-11-30-18-31/h5-11,14,17-19,26H,3-4,12-13,15-16H2,1-2H3,(H,33,34). The summed E-state index contributed by atoms with van der Waals surface area (Å²) in [4.78, 5) is 31.0. The number of carbonyl (C=O) groups is 2. The second-order valence-corrected chi connectivity index (χ2v) is 9.55. The quantitative estimate of drug-likeness (QED) is 0.210. The maximum atomic E-state index is 13.8. The van der Waals surface area contributed by atoms with Crippen molar-refractivity contribution in [2.45, 2.75) is 51.8 Å². The Hall–Kier alpha value is -4.07. The van der Waals surface area contributed by atoms with E-state index in [1.807, 2.05) is 61.4 Å². The van der Waals surface area contributed by atoms with Gasteiger partial charge in [0.1, 0.15) is 30.0 Å². The van der Waals surface area contributed by atoms with Gasteiger partial charge in [-0.25, -0.2) is 4.57 Å².